The monoisotopic (exact) mass is 428 g/mol. The van der Waals surface area contributed by atoms with Crippen LogP contribution in [0.2, 0.25) is 0 Å². The number of hydrogen-bond acceptors (Lipinski definition) is 3. The van der Waals surface area contributed by atoms with Crippen LogP contribution in [0.4, 0.5) is 0 Å². The zero-order valence-electron chi connectivity index (χ0n) is 17.2. The van der Waals surface area contributed by atoms with Crippen molar-refractivity contribution in [2.24, 2.45) is 0 Å². The first-order valence-corrected chi connectivity index (χ1v) is 12.4. The molecule has 2 saturated heterocycles. The van der Waals surface area contributed by atoms with Gasteiger partial charge in [0.15, 0.2) is 6.04 Å². The first-order chi connectivity index (χ1) is 14.5. The Morgan fingerprint density at radius 1 is 0.867 bits per heavy atom. The molecule has 0 bridgehead atoms. The second-order valence-corrected chi connectivity index (χ2v) is 10.1. The third-order valence-corrected chi connectivity index (χ3v) is 8.01. The van der Waals surface area contributed by atoms with Crippen molar-refractivity contribution in [3.63, 3.8) is 0 Å². The number of sulfonamides is 1. The molecule has 1 atom stereocenters. The Morgan fingerprint density at radius 3 is 2.03 bits per heavy atom. The number of rotatable bonds is 6. The van der Waals surface area contributed by atoms with Crippen LogP contribution in [0.25, 0.3) is 0 Å². The minimum Gasteiger partial charge on any atom is -0.337 e. The van der Waals surface area contributed by atoms with Gasteiger partial charge in [-0.1, -0.05) is 60.7 Å². The maximum Gasteiger partial charge on any atom is 0.285 e. The Morgan fingerprint density at radius 2 is 1.43 bits per heavy atom. The summed E-state index contributed by atoms with van der Waals surface area (Å²) in [6, 6.07) is 19.0. The summed E-state index contributed by atoms with van der Waals surface area (Å²) in [5, 5.41) is 0. The van der Waals surface area contributed by atoms with Crippen LogP contribution >= 0.6 is 0 Å². The molecular formula is C23H30N3O3S+. The number of nitrogens with zero attached hydrogens (tertiary/aromatic N) is 2. The van der Waals surface area contributed by atoms with E-state index in [1.54, 1.807) is 4.31 Å². The molecule has 6 nitrogen and oxygen atoms in total. The van der Waals surface area contributed by atoms with Crippen LogP contribution in [0.5, 0.6) is 0 Å². The second kappa shape index (κ2) is 9.29. The van der Waals surface area contributed by atoms with Crippen LogP contribution in [0.1, 0.15) is 30.0 Å². The van der Waals surface area contributed by atoms with Gasteiger partial charge >= 0.3 is 0 Å². The van der Waals surface area contributed by atoms with E-state index in [4.69, 9.17) is 0 Å². The minimum absolute atomic E-state index is 0.0258. The predicted molar refractivity (Wildman–Crippen MR) is 116 cm³/mol. The molecule has 0 radical (unpaired) electrons. The molecule has 2 fully saturated rings. The zero-order chi connectivity index (χ0) is 21.0. The van der Waals surface area contributed by atoms with Gasteiger partial charge in [0.25, 0.3) is 5.91 Å². The number of carbonyl (C=O) groups is 1. The van der Waals surface area contributed by atoms with Crippen molar-refractivity contribution in [2.45, 2.75) is 24.6 Å². The van der Waals surface area contributed by atoms with Crippen LogP contribution in [0.15, 0.2) is 60.7 Å². The van der Waals surface area contributed by atoms with E-state index < -0.39 is 10.0 Å². The lowest BCUT2D eigenvalue weighted by atomic mass is 10.0. The molecule has 2 aliphatic rings. The third-order valence-electron chi connectivity index (χ3n) is 6.16. The van der Waals surface area contributed by atoms with E-state index in [-0.39, 0.29) is 17.7 Å². The topological polar surface area (TPSA) is 62.1 Å². The Labute approximate surface area is 179 Å². The number of likely N-dealkylation sites (tertiary alicyclic amines) is 1. The maximum atomic E-state index is 13.3. The highest BCUT2D eigenvalue weighted by Gasteiger charge is 2.39. The SMILES string of the molecule is O=C([C@@H](c1ccccc1)[NH+]1CCN(S(=O)(=O)Cc2ccccc2)CC1)N1CCCC1. The molecule has 1 amide bonds. The molecule has 0 aromatic heterocycles. The summed E-state index contributed by atoms with van der Waals surface area (Å²) < 4.78 is 27.4. The standard InChI is InChI=1S/C23H29N3O3S/c27-23(25-13-7-8-14-25)22(21-11-5-2-6-12-21)24-15-17-26(18-16-24)30(28,29)19-20-9-3-1-4-10-20/h1-6,9-12,22H,7-8,13-19H2/p+1/t22-/m1/s1. The fraction of sp³-hybridized carbons (Fsp3) is 0.435. The molecule has 0 saturated carbocycles. The number of piperazine rings is 1. The Balaban J connectivity index is 1.46. The van der Waals surface area contributed by atoms with E-state index >= 15 is 0 Å². The van der Waals surface area contributed by atoms with E-state index in [1.807, 2.05) is 65.6 Å². The summed E-state index contributed by atoms with van der Waals surface area (Å²) in [6.07, 6.45) is 2.13. The van der Waals surface area contributed by atoms with Crippen molar-refractivity contribution in [3.8, 4) is 0 Å². The van der Waals surface area contributed by atoms with E-state index in [2.05, 4.69) is 0 Å². The van der Waals surface area contributed by atoms with Crippen molar-refractivity contribution in [2.75, 3.05) is 39.3 Å². The highest BCUT2D eigenvalue weighted by atomic mass is 32.2. The summed E-state index contributed by atoms with van der Waals surface area (Å²) in [6.45, 7) is 3.81. The Kier molecular flexibility index (Phi) is 6.51. The summed E-state index contributed by atoms with van der Waals surface area (Å²) in [4.78, 5) is 16.5. The van der Waals surface area contributed by atoms with Gasteiger partial charge in [0.05, 0.1) is 31.9 Å². The fourth-order valence-corrected chi connectivity index (χ4v) is 6.07. The molecule has 0 unspecified atom stereocenters. The number of amides is 1. The second-order valence-electron chi connectivity index (χ2n) is 8.18. The van der Waals surface area contributed by atoms with Crippen LogP contribution in [-0.4, -0.2) is 62.8 Å². The largest absolute Gasteiger partial charge is 0.337 e. The van der Waals surface area contributed by atoms with Crippen LogP contribution in [0, 0.1) is 0 Å². The van der Waals surface area contributed by atoms with Crippen molar-refractivity contribution in [1.82, 2.24) is 9.21 Å². The first-order valence-electron chi connectivity index (χ1n) is 10.7. The molecule has 2 heterocycles. The van der Waals surface area contributed by atoms with Gasteiger partial charge in [-0.25, -0.2) is 8.42 Å². The average molecular weight is 429 g/mol. The molecule has 7 heteroatoms. The van der Waals surface area contributed by atoms with Gasteiger partial charge in [0.2, 0.25) is 10.0 Å². The normalized spacial score (nSPS) is 19.7. The van der Waals surface area contributed by atoms with E-state index in [0.717, 1.165) is 42.0 Å². The molecule has 0 aliphatic carbocycles. The number of benzene rings is 2. The number of nitrogens with one attached hydrogen (secondary N) is 1. The summed E-state index contributed by atoms with van der Waals surface area (Å²) in [5.74, 6) is 0.201. The zero-order valence-corrected chi connectivity index (χ0v) is 18.1. The van der Waals surface area contributed by atoms with Crippen molar-refractivity contribution in [1.29, 1.82) is 0 Å². The first kappa shape index (κ1) is 21.0. The lowest BCUT2D eigenvalue weighted by molar-refractivity contribution is -0.925. The van der Waals surface area contributed by atoms with E-state index in [9.17, 15) is 13.2 Å². The van der Waals surface area contributed by atoms with Gasteiger partial charge in [-0.05, 0) is 18.4 Å². The van der Waals surface area contributed by atoms with Crippen LogP contribution in [-0.2, 0) is 20.6 Å². The lowest BCUT2D eigenvalue weighted by Gasteiger charge is -2.36. The van der Waals surface area contributed by atoms with Gasteiger partial charge in [-0.3, -0.25) is 4.79 Å². The Hall–Kier alpha value is -2.22. The summed E-state index contributed by atoms with van der Waals surface area (Å²) in [7, 11) is -3.36. The molecule has 1 N–H and O–H groups in total. The number of hydrogen-bond donors (Lipinski definition) is 1. The predicted octanol–water partition coefficient (Wildman–Crippen LogP) is 1.08. The summed E-state index contributed by atoms with van der Waals surface area (Å²) >= 11 is 0. The highest BCUT2D eigenvalue weighted by molar-refractivity contribution is 7.88. The van der Waals surface area contributed by atoms with Crippen molar-refractivity contribution < 1.29 is 18.1 Å². The van der Waals surface area contributed by atoms with Gasteiger partial charge < -0.3 is 9.80 Å². The molecule has 2 aromatic carbocycles. The minimum atomic E-state index is -3.36. The van der Waals surface area contributed by atoms with Gasteiger partial charge in [-0.15, -0.1) is 0 Å². The number of carbonyl (C=O) groups excluding carboxylic acids is 1. The van der Waals surface area contributed by atoms with Gasteiger partial charge in [0, 0.05) is 18.7 Å². The number of quaternary nitrogens is 1. The molecule has 30 heavy (non-hydrogen) atoms. The van der Waals surface area contributed by atoms with Gasteiger partial charge in [0.1, 0.15) is 0 Å². The highest BCUT2D eigenvalue weighted by Crippen LogP contribution is 2.18. The van der Waals surface area contributed by atoms with Crippen LogP contribution < -0.4 is 4.90 Å². The molecule has 2 aromatic rings. The molecular weight excluding hydrogens is 398 g/mol. The van der Waals surface area contributed by atoms with E-state index in [0.29, 0.717) is 26.2 Å². The van der Waals surface area contributed by atoms with E-state index in [1.165, 1.54) is 0 Å². The third kappa shape index (κ3) is 4.74. The maximum absolute atomic E-state index is 13.3. The molecule has 160 valence electrons. The molecule has 4 rings (SSSR count). The van der Waals surface area contributed by atoms with Crippen molar-refractivity contribution >= 4 is 15.9 Å². The summed E-state index contributed by atoms with van der Waals surface area (Å²) in [5.41, 5.74) is 1.82. The average Bonchev–Trinajstić information content (AvgIpc) is 3.30. The molecule has 2 aliphatic heterocycles. The van der Waals surface area contributed by atoms with Crippen LogP contribution in [0.3, 0.4) is 0 Å². The quantitative estimate of drug-likeness (QED) is 0.749. The van der Waals surface area contributed by atoms with Gasteiger partial charge in [-0.2, -0.15) is 4.31 Å². The van der Waals surface area contributed by atoms with Crippen molar-refractivity contribution in [3.05, 3.63) is 71.8 Å². The Bertz CT molecular complexity index is 936. The lowest BCUT2D eigenvalue weighted by Crippen LogP contribution is -3.16. The fourth-order valence-electron chi connectivity index (χ4n) is 4.53. The smallest absolute Gasteiger partial charge is 0.285 e. The molecule has 0 spiro atoms.